The zero-order valence-corrected chi connectivity index (χ0v) is 14.1. The summed E-state index contributed by atoms with van der Waals surface area (Å²) < 4.78 is 18.0. The summed E-state index contributed by atoms with van der Waals surface area (Å²) in [5.41, 5.74) is 1.38. The molecule has 0 aliphatic rings. The smallest absolute Gasteiger partial charge is 0.310 e. The van der Waals surface area contributed by atoms with Crippen LogP contribution in [-0.2, 0) is 14.3 Å². The molecule has 2 rings (SSSR count). The normalized spacial score (nSPS) is 13.2. The van der Waals surface area contributed by atoms with Gasteiger partial charge in [-0.25, -0.2) is 4.39 Å². The van der Waals surface area contributed by atoms with Crippen molar-refractivity contribution in [1.82, 2.24) is 5.32 Å². The average Bonchev–Trinajstić information content (AvgIpc) is 2.64. The van der Waals surface area contributed by atoms with Crippen LogP contribution in [0.15, 0.2) is 60.7 Å². The van der Waals surface area contributed by atoms with Crippen molar-refractivity contribution in [1.29, 1.82) is 0 Å². The Balaban J connectivity index is 2.15. The largest absolute Gasteiger partial charge is 0.469 e. The van der Waals surface area contributed by atoms with E-state index in [9.17, 15) is 14.0 Å². The molecule has 0 saturated carbocycles. The predicted molar refractivity (Wildman–Crippen MR) is 93.9 cm³/mol. The van der Waals surface area contributed by atoms with Crippen LogP contribution >= 0.6 is 0 Å². The lowest BCUT2D eigenvalue weighted by atomic mass is 9.94. The Hall–Kier alpha value is -2.95. The molecule has 4 nitrogen and oxygen atoms in total. The number of methoxy groups -OCH3 is 1. The second-order valence-electron chi connectivity index (χ2n) is 5.60. The van der Waals surface area contributed by atoms with Gasteiger partial charge in [0.1, 0.15) is 5.82 Å². The molecule has 25 heavy (non-hydrogen) atoms. The first-order chi connectivity index (χ1) is 12.0. The topological polar surface area (TPSA) is 55.4 Å². The first kappa shape index (κ1) is 18.4. The van der Waals surface area contributed by atoms with Crippen molar-refractivity contribution >= 4 is 18.0 Å². The van der Waals surface area contributed by atoms with E-state index in [1.807, 2.05) is 30.3 Å². The van der Waals surface area contributed by atoms with Gasteiger partial charge in [0.05, 0.1) is 19.1 Å². The Morgan fingerprint density at radius 2 is 1.84 bits per heavy atom. The number of carbonyl (C=O) groups is 2. The van der Waals surface area contributed by atoms with Crippen LogP contribution in [-0.4, -0.2) is 19.0 Å². The van der Waals surface area contributed by atoms with Gasteiger partial charge in [-0.05, 0) is 36.3 Å². The van der Waals surface area contributed by atoms with Gasteiger partial charge in [0.2, 0.25) is 5.91 Å². The van der Waals surface area contributed by atoms with Crippen LogP contribution in [0.5, 0.6) is 0 Å². The lowest BCUT2D eigenvalue weighted by Gasteiger charge is -2.23. The minimum atomic E-state index is -0.557. The summed E-state index contributed by atoms with van der Waals surface area (Å²) in [6.07, 6.45) is 2.83. The second kappa shape index (κ2) is 8.78. The molecule has 0 fully saturated rings. The lowest BCUT2D eigenvalue weighted by Crippen LogP contribution is -2.35. The molecule has 0 heterocycles. The molecule has 0 aromatic heterocycles. The number of hydrogen-bond donors (Lipinski definition) is 1. The Morgan fingerprint density at radius 3 is 2.48 bits per heavy atom. The van der Waals surface area contributed by atoms with Crippen LogP contribution in [0.25, 0.3) is 6.08 Å². The number of hydrogen-bond acceptors (Lipinski definition) is 3. The summed E-state index contributed by atoms with van der Waals surface area (Å²) in [5.74, 6) is -1.72. The molecule has 2 aromatic carbocycles. The maximum absolute atomic E-state index is 13.2. The monoisotopic (exact) mass is 341 g/mol. The first-order valence-electron chi connectivity index (χ1n) is 7.88. The molecule has 0 bridgehead atoms. The van der Waals surface area contributed by atoms with Crippen LogP contribution in [0, 0.1) is 11.7 Å². The number of benzene rings is 2. The van der Waals surface area contributed by atoms with E-state index >= 15 is 0 Å². The number of amides is 1. The van der Waals surface area contributed by atoms with Gasteiger partial charge in [-0.1, -0.05) is 42.5 Å². The highest BCUT2D eigenvalue weighted by Crippen LogP contribution is 2.23. The Kier molecular flexibility index (Phi) is 6.46. The zero-order valence-electron chi connectivity index (χ0n) is 14.1. The van der Waals surface area contributed by atoms with E-state index in [0.717, 1.165) is 5.56 Å². The molecule has 130 valence electrons. The summed E-state index contributed by atoms with van der Waals surface area (Å²) in [6.45, 7) is 1.69. The fraction of sp³-hybridized carbons (Fsp3) is 0.200. The number of carbonyl (C=O) groups excluding carboxylic acids is 2. The highest BCUT2D eigenvalue weighted by atomic mass is 19.1. The van der Waals surface area contributed by atoms with E-state index in [1.165, 1.54) is 31.4 Å². The third-order valence-corrected chi connectivity index (χ3v) is 3.81. The molecule has 0 unspecified atom stereocenters. The van der Waals surface area contributed by atoms with Gasteiger partial charge in [-0.3, -0.25) is 9.59 Å². The quantitative estimate of drug-likeness (QED) is 0.646. The van der Waals surface area contributed by atoms with Crippen LogP contribution in [0.2, 0.25) is 0 Å². The van der Waals surface area contributed by atoms with Crippen LogP contribution in [0.3, 0.4) is 0 Å². The number of esters is 1. The van der Waals surface area contributed by atoms with Gasteiger partial charge in [0, 0.05) is 6.08 Å². The van der Waals surface area contributed by atoms with E-state index in [2.05, 4.69) is 5.32 Å². The van der Waals surface area contributed by atoms with Gasteiger partial charge in [0.15, 0.2) is 0 Å². The van der Waals surface area contributed by atoms with Gasteiger partial charge in [-0.2, -0.15) is 0 Å². The maximum Gasteiger partial charge on any atom is 0.310 e. The summed E-state index contributed by atoms with van der Waals surface area (Å²) in [4.78, 5) is 24.1. The molecular formula is C20H20FNO3. The molecule has 0 spiro atoms. The summed E-state index contributed by atoms with van der Waals surface area (Å²) in [7, 11) is 1.31. The van der Waals surface area contributed by atoms with Gasteiger partial charge in [-0.15, -0.1) is 0 Å². The summed E-state index contributed by atoms with van der Waals surface area (Å²) in [5, 5.41) is 2.81. The van der Waals surface area contributed by atoms with E-state index in [1.54, 1.807) is 19.1 Å². The van der Waals surface area contributed by atoms with Crippen molar-refractivity contribution in [2.24, 2.45) is 5.92 Å². The highest BCUT2D eigenvalue weighted by Gasteiger charge is 2.27. The van der Waals surface area contributed by atoms with Gasteiger partial charge in [0.25, 0.3) is 0 Å². The molecule has 0 saturated heterocycles. The predicted octanol–water partition coefficient (Wildman–Crippen LogP) is 3.51. The third kappa shape index (κ3) is 5.28. The zero-order chi connectivity index (χ0) is 18.2. The molecule has 2 aromatic rings. The van der Waals surface area contributed by atoms with Crippen molar-refractivity contribution < 1.29 is 18.7 Å². The van der Waals surface area contributed by atoms with Crippen LogP contribution < -0.4 is 5.32 Å². The molecular weight excluding hydrogens is 321 g/mol. The van der Waals surface area contributed by atoms with Gasteiger partial charge >= 0.3 is 5.97 Å². The molecule has 0 aliphatic carbocycles. The summed E-state index contributed by atoms with van der Waals surface area (Å²) >= 11 is 0. The average molecular weight is 341 g/mol. The van der Waals surface area contributed by atoms with Crippen molar-refractivity contribution in [2.75, 3.05) is 7.11 Å². The van der Waals surface area contributed by atoms with E-state index in [-0.39, 0.29) is 11.7 Å². The number of ether oxygens (including phenoxy) is 1. The van der Waals surface area contributed by atoms with Crippen molar-refractivity contribution in [2.45, 2.75) is 13.0 Å². The minimum absolute atomic E-state index is 0.371. The molecule has 5 heteroatoms. The van der Waals surface area contributed by atoms with Crippen LogP contribution in [0.1, 0.15) is 24.1 Å². The van der Waals surface area contributed by atoms with Crippen molar-refractivity contribution in [3.05, 3.63) is 77.6 Å². The fourth-order valence-corrected chi connectivity index (χ4v) is 2.46. The Labute approximate surface area is 146 Å². The standard InChI is InChI=1S/C20H20FNO3/c1-14(20(24)25-2)19(16-8-4-3-5-9-16)22-18(23)12-11-15-7-6-10-17(21)13-15/h3-14,19H,1-2H3,(H,22,23)/b12-11-/t14-,19-/m1/s1. The molecule has 0 radical (unpaired) electrons. The Bertz CT molecular complexity index is 759. The SMILES string of the molecule is COC(=O)[C@H](C)[C@@H](NC(=O)/C=C\c1cccc(F)c1)c1ccccc1. The molecule has 0 aliphatic heterocycles. The number of nitrogens with one attached hydrogen (secondary N) is 1. The number of rotatable bonds is 6. The first-order valence-corrected chi connectivity index (χ1v) is 7.88. The van der Waals surface area contributed by atoms with Crippen molar-refractivity contribution in [3.63, 3.8) is 0 Å². The van der Waals surface area contributed by atoms with Gasteiger partial charge < -0.3 is 10.1 Å². The number of halogens is 1. The summed E-state index contributed by atoms with van der Waals surface area (Å²) in [6, 6.07) is 14.6. The fourth-order valence-electron chi connectivity index (χ4n) is 2.46. The highest BCUT2D eigenvalue weighted by molar-refractivity contribution is 5.92. The molecule has 2 atom stereocenters. The van der Waals surface area contributed by atoms with Crippen molar-refractivity contribution in [3.8, 4) is 0 Å². The maximum atomic E-state index is 13.2. The Morgan fingerprint density at radius 1 is 1.12 bits per heavy atom. The van der Waals surface area contributed by atoms with E-state index in [0.29, 0.717) is 5.56 Å². The second-order valence-corrected chi connectivity index (χ2v) is 5.60. The lowest BCUT2D eigenvalue weighted by molar-refractivity contribution is -0.146. The van der Waals surface area contributed by atoms with E-state index in [4.69, 9.17) is 4.74 Å². The van der Waals surface area contributed by atoms with Crippen LogP contribution in [0.4, 0.5) is 4.39 Å². The van der Waals surface area contributed by atoms with E-state index < -0.39 is 17.9 Å². The molecule has 1 amide bonds. The minimum Gasteiger partial charge on any atom is -0.469 e. The molecule has 1 N–H and O–H groups in total. The third-order valence-electron chi connectivity index (χ3n) is 3.81.